The quantitative estimate of drug-likeness (QED) is 0.762. The number of ether oxygens (including phenoxy) is 1. The third-order valence-corrected chi connectivity index (χ3v) is 2.67. The maximum absolute atomic E-state index is 11.2. The van der Waals surface area contributed by atoms with E-state index in [0.29, 0.717) is 11.7 Å². The summed E-state index contributed by atoms with van der Waals surface area (Å²) in [7, 11) is 0. The van der Waals surface area contributed by atoms with Gasteiger partial charge >= 0.3 is 5.97 Å². The second-order valence-electron chi connectivity index (χ2n) is 4.02. The van der Waals surface area contributed by atoms with Gasteiger partial charge in [-0.3, -0.25) is 4.68 Å². The number of carbonyl (C=O) groups excluding carboxylic acids is 1. The first kappa shape index (κ1) is 13.7. The van der Waals surface area contributed by atoms with E-state index in [4.69, 9.17) is 4.74 Å². The Morgan fingerprint density at radius 2 is 2.29 bits per heavy atom. The zero-order valence-corrected chi connectivity index (χ0v) is 10.6. The number of aromatic nitrogens is 2. The zero-order valence-electron chi connectivity index (χ0n) is 10.6. The number of aliphatic hydroxyl groups excluding tert-OH is 1. The molecule has 0 aliphatic rings. The van der Waals surface area contributed by atoms with Crippen molar-refractivity contribution in [1.82, 2.24) is 9.78 Å². The van der Waals surface area contributed by atoms with Crippen LogP contribution in [0.5, 0.6) is 0 Å². The molecule has 0 aromatic carbocycles. The van der Waals surface area contributed by atoms with Crippen LogP contribution in [0, 0.1) is 0 Å². The molecule has 96 valence electrons. The molecular weight excluding hydrogens is 220 g/mol. The monoisotopic (exact) mass is 240 g/mol. The van der Waals surface area contributed by atoms with Crippen molar-refractivity contribution in [1.29, 1.82) is 0 Å². The number of hydrogen-bond donors (Lipinski definition) is 1. The van der Waals surface area contributed by atoms with Crippen molar-refractivity contribution in [2.24, 2.45) is 0 Å². The molecule has 0 aliphatic heterocycles. The summed E-state index contributed by atoms with van der Waals surface area (Å²) in [6, 6.07) is 2.14. The Balaban J connectivity index is 2.57. The standard InChI is InChI=1S/C12H20N2O3/c1-4-9(3)14-7-6-10(13-14)8-11(15)12(16)17-5-2/h6-7,9,11,15H,4-5,8H2,1-3H3. The third-order valence-electron chi connectivity index (χ3n) is 2.67. The van der Waals surface area contributed by atoms with Crippen molar-refractivity contribution in [3.63, 3.8) is 0 Å². The van der Waals surface area contributed by atoms with E-state index in [1.165, 1.54) is 0 Å². The Bertz CT molecular complexity index is 362. The fraction of sp³-hybridized carbons (Fsp3) is 0.667. The summed E-state index contributed by atoms with van der Waals surface area (Å²) in [5.41, 5.74) is 0.700. The Morgan fingerprint density at radius 3 is 2.88 bits per heavy atom. The molecule has 5 nitrogen and oxygen atoms in total. The zero-order chi connectivity index (χ0) is 12.8. The fourth-order valence-corrected chi connectivity index (χ4v) is 1.44. The molecular formula is C12H20N2O3. The molecule has 1 aromatic heterocycles. The molecule has 1 N–H and O–H groups in total. The van der Waals surface area contributed by atoms with Crippen LogP contribution < -0.4 is 0 Å². The number of esters is 1. The van der Waals surface area contributed by atoms with Crippen LogP contribution in [-0.4, -0.2) is 33.6 Å². The lowest BCUT2D eigenvalue weighted by molar-refractivity contribution is -0.152. The fourth-order valence-electron chi connectivity index (χ4n) is 1.44. The first-order valence-electron chi connectivity index (χ1n) is 5.97. The lowest BCUT2D eigenvalue weighted by Crippen LogP contribution is -2.25. The molecule has 2 unspecified atom stereocenters. The van der Waals surface area contributed by atoms with Crippen LogP contribution in [-0.2, 0) is 16.0 Å². The third kappa shape index (κ3) is 3.85. The molecule has 0 saturated heterocycles. The van der Waals surface area contributed by atoms with Gasteiger partial charge in [0.15, 0.2) is 6.10 Å². The van der Waals surface area contributed by atoms with E-state index in [1.807, 2.05) is 16.9 Å². The van der Waals surface area contributed by atoms with Gasteiger partial charge in [0.25, 0.3) is 0 Å². The minimum atomic E-state index is -1.13. The first-order valence-corrected chi connectivity index (χ1v) is 5.97. The topological polar surface area (TPSA) is 64.3 Å². The number of aliphatic hydroxyl groups is 1. The molecule has 0 amide bonds. The van der Waals surface area contributed by atoms with Gasteiger partial charge in [-0.15, -0.1) is 0 Å². The van der Waals surface area contributed by atoms with Crippen molar-refractivity contribution in [2.45, 2.75) is 45.8 Å². The lowest BCUT2D eigenvalue weighted by Gasteiger charge is -2.09. The van der Waals surface area contributed by atoms with Crippen molar-refractivity contribution >= 4 is 5.97 Å². The highest BCUT2D eigenvalue weighted by Gasteiger charge is 2.18. The largest absolute Gasteiger partial charge is 0.464 e. The molecule has 1 rings (SSSR count). The van der Waals surface area contributed by atoms with E-state index in [-0.39, 0.29) is 13.0 Å². The van der Waals surface area contributed by atoms with Gasteiger partial charge in [-0.25, -0.2) is 4.79 Å². The molecule has 5 heteroatoms. The number of carbonyl (C=O) groups is 1. The summed E-state index contributed by atoms with van der Waals surface area (Å²) in [6.07, 6.45) is 1.92. The van der Waals surface area contributed by atoms with Crippen LogP contribution in [0.3, 0.4) is 0 Å². The van der Waals surface area contributed by atoms with Crippen LogP contribution in [0.25, 0.3) is 0 Å². The van der Waals surface area contributed by atoms with E-state index in [0.717, 1.165) is 6.42 Å². The van der Waals surface area contributed by atoms with E-state index in [1.54, 1.807) is 6.92 Å². The SMILES string of the molecule is CCOC(=O)C(O)Cc1ccn(C(C)CC)n1. The average molecular weight is 240 g/mol. The van der Waals surface area contributed by atoms with Gasteiger partial charge in [-0.2, -0.15) is 5.10 Å². The van der Waals surface area contributed by atoms with Crippen LogP contribution in [0.4, 0.5) is 0 Å². The highest BCUT2D eigenvalue weighted by molar-refractivity contribution is 5.74. The number of rotatable bonds is 6. The predicted octanol–water partition coefficient (Wildman–Crippen LogP) is 1.32. The summed E-state index contributed by atoms with van der Waals surface area (Å²) in [5, 5.41) is 13.9. The molecule has 17 heavy (non-hydrogen) atoms. The summed E-state index contributed by atoms with van der Waals surface area (Å²) >= 11 is 0. The molecule has 2 atom stereocenters. The molecule has 0 bridgehead atoms. The normalized spacial score (nSPS) is 14.4. The summed E-state index contributed by atoms with van der Waals surface area (Å²) in [5.74, 6) is -0.592. The van der Waals surface area contributed by atoms with Crippen molar-refractivity contribution in [3.05, 3.63) is 18.0 Å². The van der Waals surface area contributed by atoms with Gasteiger partial charge < -0.3 is 9.84 Å². The minimum Gasteiger partial charge on any atom is -0.464 e. The van der Waals surface area contributed by atoms with Gasteiger partial charge in [0.05, 0.1) is 12.3 Å². The maximum Gasteiger partial charge on any atom is 0.335 e. The maximum atomic E-state index is 11.2. The predicted molar refractivity (Wildman–Crippen MR) is 63.6 cm³/mol. The number of nitrogens with zero attached hydrogens (tertiary/aromatic N) is 2. The van der Waals surface area contributed by atoms with Gasteiger partial charge in [0, 0.05) is 18.7 Å². The van der Waals surface area contributed by atoms with Crippen LogP contribution >= 0.6 is 0 Å². The van der Waals surface area contributed by atoms with Gasteiger partial charge in [-0.05, 0) is 26.3 Å². The highest BCUT2D eigenvalue weighted by Crippen LogP contribution is 2.10. The van der Waals surface area contributed by atoms with Crippen molar-refractivity contribution in [2.75, 3.05) is 6.61 Å². The molecule has 0 aliphatic carbocycles. The van der Waals surface area contributed by atoms with E-state index >= 15 is 0 Å². The minimum absolute atomic E-state index is 0.197. The summed E-state index contributed by atoms with van der Waals surface area (Å²) in [4.78, 5) is 11.2. The van der Waals surface area contributed by atoms with E-state index in [2.05, 4.69) is 18.9 Å². The summed E-state index contributed by atoms with van der Waals surface area (Å²) in [6.45, 7) is 6.14. The van der Waals surface area contributed by atoms with Crippen molar-refractivity contribution in [3.8, 4) is 0 Å². The second kappa shape index (κ2) is 6.39. The second-order valence-corrected chi connectivity index (χ2v) is 4.02. The molecule has 1 aromatic rings. The number of hydrogen-bond acceptors (Lipinski definition) is 4. The molecule has 0 saturated carbocycles. The summed E-state index contributed by atoms with van der Waals surface area (Å²) < 4.78 is 6.57. The van der Waals surface area contributed by atoms with Gasteiger partial charge in [0.1, 0.15) is 0 Å². The van der Waals surface area contributed by atoms with Crippen molar-refractivity contribution < 1.29 is 14.6 Å². The van der Waals surface area contributed by atoms with Crippen LogP contribution in [0.2, 0.25) is 0 Å². The van der Waals surface area contributed by atoms with E-state index < -0.39 is 12.1 Å². The smallest absolute Gasteiger partial charge is 0.335 e. The first-order chi connectivity index (χ1) is 8.08. The van der Waals surface area contributed by atoms with Gasteiger partial charge in [0.2, 0.25) is 0 Å². The van der Waals surface area contributed by atoms with Crippen LogP contribution in [0.15, 0.2) is 12.3 Å². The highest BCUT2D eigenvalue weighted by atomic mass is 16.5. The average Bonchev–Trinajstić information content (AvgIpc) is 2.76. The molecule has 0 spiro atoms. The Hall–Kier alpha value is -1.36. The van der Waals surface area contributed by atoms with E-state index in [9.17, 15) is 9.90 Å². The molecule has 0 radical (unpaired) electrons. The van der Waals surface area contributed by atoms with Crippen LogP contribution in [0.1, 0.15) is 38.9 Å². The Morgan fingerprint density at radius 1 is 1.59 bits per heavy atom. The molecule has 0 fully saturated rings. The lowest BCUT2D eigenvalue weighted by atomic mass is 10.2. The molecule has 1 heterocycles. The Labute approximate surface area is 101 Å². The Kier molecular flexibility index (Phi) is 5.15. The van der Waals surface area contributed by atoms with Gasteiger partial charge in [-0.1, -0.05) is 6.92 Å².